The normalized spacial score (nSPS) is 15.1. The van der Waals surface area contributed by atoms with Gasteiger partial charge in [0.15, 0.2) is 16.3 Å². The number of ether oxygens (including phenoxy) is 4. The molecule has 0 aliphatic carbocycles. The summed E-state index contributed by atoms with van der Waals surface area (Å²) < 4.78 is 23.7. The van der Waals surface area contributed by atoms with Gasteiger partial charge in [-0.3, -0.25) is 14.2 Å². The van der Waals surface area contributed by atoms with Crippen LogP contribution in [0.4, 0.5) is 0 Å². The van der Waals surface area contributed by atoms with Crippen LogP contribution in [0.1, 0.15) is 31.0 Å². The summed E-state index contributed by atoms with van der Waals surface area (Å²) in [7, 11) is 4.31. The first-order chi connectivity index (χ1) is 17.7. The number of rotatable bonds is 6. The largest absolute Gasteiger partial charge is 0.493 e. The Bertz CT molecular complexity index is 1620. The number of fused-ring (bicyclic) bond motifs is 1. The van der Waals surface area contributed by atoms with Gasteiger partial charge < -0.3 is 18.9 Å². The predicted octanol–water partition coefficient (Wildman–Crippen LogP) is 3.11. The Hall–Kier alpha value is -3.70. The van der Waals surface area contributed by atoms with Gasteiger partial charge >= 0.3 is 11.9 Å². The lowest BCUT2D eigenvalue weighted by Gasteiger charge is -2.25. The maximum Gasteiger partial charge on any atom is 0.338 e. The van der Waals surface area contributed by atoms with Gasteiger partial charge in [0.05, 0.1) is 43.2 Å². The van der Waals surface area contributed by atoms with Gasteiger partial charge in [0.1, 0.15) is 5.75 Å². The summed E-state index contributed by atoms with van der Waals surface area (Å²) in [6.07, 6.45) is 1.63. The second-order valence-electron chi connectivity index (χ2n) is 7.96. The quantitative estimate of drug-likeness (QED) is 0.323. The molecule has 1 aliphatic rings. The molecule has 0 radical (unpaired) electrons. The number of carbonyl (C=O) groups is 2. The van der Waals surface area contributed by atoms with Crippen molar-refractivity contribution in [2.24, 2.45) is 4.99 Å². The standard InChI is InChI=1S/C26H23BrN2O7S/c1-13-22(25(32)35-5)23(15-6-8-19(33-3)20(11-15)34-4)29-24(31)21(37-26(29)28-13)12-16-10-17(27)7-9-18(16)36-14(2)30/h6-12,23H,1-5H3/b21-12+. The smallest absolute Gasteiger partial charge is 0.338 e. The first-order valence-corrected chi connectivity index (χ1v) is 12.6. The Morgan fingerprint density at radius 1 is 1.05 bits per heavy atom. The number of allylic oxidation sites excluding steroid dienone is 1. The van der Waals surface area contributed by atoms with E-state index < -0.39 is 18.0 Å². The van der Waals surface area contributed by atoms with Crippen molar-refractivity contribution >= 4 is 45.3 Å². The molecule has 0 amide bonds. The lowest BCUT2D eigenvalue weighted by Crippen LogP contribution is -2.39. The van der Waals surface area contributed by atoms with Crippen molar-refractivity contribution in [3.63, 3.8) is 0 Å². The van der Waals surface area contributed by atoms with Crippen LogP contribution in [0, 0.1) is 0 Å². The molecule has 9 nitrogen and oxygen atoms in total. The van der Waals surface area contributed by atoms with Crippen LogP contribution in [0.15, 0.2) is 61.9 Å². The fourth-order valence-electron chi connectivity index (χ4n) is 4.05. The fraction of sp³-hybridized carbons (Fsp3) is 0.231. The molecule has 4 rings (SSSR count). The second kappa shape index (κ2) is 10.7. The number of carbonyl (C=O) groups excluding carboxylic acids is 2. The molecule has 2 aromatic carbocycles. The van der Waals surface area contributed by atoms with Gasteiger partial charge in [-0.05, 0) is 48.9 Å². The molecule has 0 fully saturated rings. The molecule has 0 saturated carbocycles. The number of benzene rings is 2. The minimum Gasteiger partial charge on any atom is -0.493 e. The van der Waals surface area contributed by atoms with Gasteiger partial charge in [0.2, 0.25) is 0 Å². The first kappa shape index (κ1) is 26.4. The number of hydrogen-bond donors (Lipinski definition) is 0. The van der Waals surface area contributed by atoms with Crippen LogP contribution in [-0.4, -0.2) is 37.8 Å². The summed E-state index contributed by atoms with van der Waals surface area (Å²) in [5.74, 6) is 0.182. The molecule has 0 bridgehead atoms. The Morgan fingerprint density at radius 2 is 1.76 bits per heavy atom. The van der Waals surface area contributed by atoms with E-state index in [-0.39, 0.29) is 11.1 Å². The van der Waals surface area contributed by atoms with Crippen molar-refractivity contribution in [2.45, 2.75) is 19.9 Å². The second-order valence-corrected chi connectivity index (χ2v) is 9.89. The lowest BCUT2D eigenvalue weighted by molar-refractivity contribution is -0.136. The first-order valence-electron chi connectivity index (χ1n) is 11.0. The predicted molar refractivity (Wildman–Crippen MR) is 141 cm³/mol. The van der Waals surface area contributed by atoms with Crippen molar-refractivity contribution in [3.05, 3.63) is 83.0 Å². The molecule has 1 aromatic heterocycles. The van der Waals surface area contributed by atoms with Crippen molar-refractivity contribution in [3.8, 4) is 17.2 Å². The highest BCUT2D eigenvalue weighted by molar-refractivity contribution is 9.10. The zero-order valence-electron chi connectivity index (χ0n) is 20.7. The maximum absolute atomic E-state index is 13.8. The molecular weight excluding hydrogens is 564 g/mol. The third-order valence-electron chi connectivity index (χ3n) is 5.66. The zero-order chi connectivity index (χ0) is 26.9. The number of aromatic nitrogens is 1. The topological polar surface area (TPSA) is 105 Å². The third kappa shape index (κ3) is 5.09. The van der Waals surface area contributed by atoms with Gasteiger partial charge in [0.25, 0.3) is 5.56 Å². The molecule has 37 heavy (non-hydrogen) atoms. The monoisotopic (exact) mass is 586 g/mol. The molecule has 11 heteroatoms. The molecule has 1 atom stereocenters. The van der Waals surface area contributed by atoms with Gasteiger partial charge in [-0.2, -0.15) is 0 Å². The molecule has 0 spiro atoms. The average molecular weight is 587 g/mol. The molecule has 2 heterocycles. The Kier molecular flexibility index (Phi) is 7.65. The zero-order valence-corrected chi connectivity index (χ0v) is 23.1. The molecule has 0 N–H and O–H groups in total. The highest BCUT2D eigenvalue weighted by atomic mass is 79.9. The SMILES string of the molecule is COC(=O)C1=C(C)N=c2s/c(=C/c3cc(Br)ccc3OC(C)=O)c(=O)n2C1c1ccc(OC)c(OC)c1. The number of halogens is 1. The summed E-state index contributed by atoms with van der Waals surface area (Å²) in [5, 5.41) is 0. The van der Waals surface area contributed by atoms with E-state index in [1.54, 1.807) is 49.4 Å². The molecule has 192 valence electrons. The van der Waals surface area contributed by atoms with Crippen LogP contribution in [0.2, 0.25) is 0 Å². The van der Waals surface area contributed by atoms with E-state index in [2.05, 4.69) is 20.9 Å². The van der Waals surface area contributed by atoms with Crippen LogP contribution in [0.3, 0.4) is 0 Å². The van der Waals surface area contributed by atoms with Gasteiger partial charge in [-0.1, -0.05) is 33.3 Å². The van der Waals surface area contributed by atoms with Gasteiger partial charge in [0, 0.05) is 17.0 Å². The minimum absolute atomic E-state index is 0.233. The van der Waals surface area contributed by atoms with E-state index in [4.69, 9.17) is 18.9 Å². The fourth-order valence-corrected chi connectivity index (χ4v) is 5.47. The highest BCUT2D eigenvalue weighted by Gasteiger charge is 2.33. The summed E-state index contributed by atoms with van der Waals surface area (Å²) in [6, 6.07) is 9.49. The van der Waals surface area contributed by atoms with E-state index in [1.807, 2.05) is 0 Å². The van der Waals surface area contributed by atoms with Gasteiger partial charge in [-0.25, -0.2) is 9.79 Å². The number of methoxy groups -OCH3 is 3. The lowest BCUT2D eigenvalue weighted by atomic mass is 9.95. The average Bonchev–Trinajstić information content (AvgIpc) is 3.17. The van der Waals surface area contributed by atoms with Crippen LogP contribution < -0.4 is 29.1 Å². The summed E-state index contributed by atoms with van der Waals surface area (Å²) in [6.45, 7) is 3.00. The van der Waals surface area contributed by atoms with E-state index in [0.717, 1.165) is 15.8 Å². The molecular formula is C26H23BrN2O7S. The van der Waals surface area contributed by atoms with Crippen LogP contribution in [0.5, 0.6) is 17.2 Å². The molecule has 1 aliphatic heterocycles. The van der Waals surface area contributed by atoms with Crippen LogP contribution in [-0.2, 0) is 14.3 Å². The van der Waals surface area contributed by atoms with Crippen LogP contribution in [0.25, 0.3) is 6.08 Å². The molecule has 1 unspecified atom stereocenters. The number of nitrogens with zero attached hydrogens (tertiary/aromatic N) is 2. The summed E-state index contributed by atoms with van der Waals surface area (Å²) in [4.78, 5) is 43.2. The number of esters is 2. The third-order valence-corrected chi connectivity index (χ3v) is 7.14. The molecule has 3 aromatic rings. The Morgan fingerprint density at radius 3 is 2.41 bits per heavy atom. The number of thiazole rings is 1. The number of hydrogen-bond acceptors (Lipinski definition) is 9. The van der Waals surface area contributed by atoms with Gasteiger partial charge in [-0.15, -0.1) is 0 Å². The summed E-state index contributed by atoms with van der Waals surface area (Å²) in [5.41, 5.74) is 1.44. The van der Waals surface area contributed by atoms with Crippen molar-refractivity contribution in [2.75, 3.05) is 21.3 Å². The van der Waals surface area contributed by atoms with E-state index in [0.29, 0.717) is 43.4 Å². The van der Waals surface area contributed by atoms with E-state index >= 15 is 0 Å². The van der Waals surface area contributed by atoms with Crippen LogP contribution >= 0.6 is 27.3 Å². The van der Waals surface area contributed by atoms with Crippen molar-refractivity contribution in [1.29, 1.82) is 0 Å². The minimum atomic E-state index is -0.818. The highest BCUT2D eigenvalue weighted by Crippen LogP contribution is 2.36. The molecule has 0 saturated heterocycles. The summed E-state index contributed by atoms with van der Waals surface area (Å²) >= 11 is 4.58. The van der Waals surface area contributed by atoms with Crippen molar-refractivity contribution in [1.82, 2.24) is 4.57 Å². The Balaban J connectivity index is 1.98. The van der Waals surface area contributed by atoms with E-state index in [9.17, 15) is 14.4 Å². The van der Waals surface area contributed by atoms with Crippen molar-refractivity contribution < 1.29 is 28.5 Å². The van der Waals surface area contributed by atoms with E-state index in [1.165, 1.54) is 32.8 Å². The Labute approximate surface area is 224 Å². The maximum atomic E-state index is 13.8.